The first kappa shape index (κ1) is 153. The molecular formula is C121H178N28. The second-order valence-corrected chi connectivity index (χ2v) is 22.2. The van der Waals surface area contributed by atoms with Gasteiger partial charge in [-0.05, 0) is 107 Å². The summed E-state index contributed by atoms with van der Waals surface area (Å²) in [5.41, 5.74) is 4.00. The smallest absolute Gasteiger partial charge is 0.138 e. The number of hydrogen-bond acceptors (Lipinski definition) is 28. The molecule has 0 N–H and O–H groups in total. The molecule has 2 aliphatic carbocycles. The van der Waals surface area contributed by atoms with Gasteiger partial charge in [0.25, 0.3) is 0 Å². The summed E-state index contributed by atoms with van der Waals surface area (Å²) in [4.78, 5) is 64.6. The predicted octanol–water partition coefficient (Wildman–Crippen LogP) is 32.4. The Bertz CT molecular complexity index is 4220. The van der Waals surface area contributed by atoms with Crippen molar-refractivity contribution in [2.75, 3.05) is 6.54 Å². The molecule has 17 aromatic rings. The van der Waals surface area contributed by atoms with Crippen LogP contribution in [0.15, 0.2) is 450 Å². The molecule has 802 valence electrons. The Morgan fingerprint density at radius 3 is 0.879 bits per heavy atom. The van der Waals surface area contributed by atoms with Gasteiger partial charge in [-0.3, -0.25) is 34.9 Å². The summed E-state index contributed by atoms with van der Waals surface area (Å²) in [7, 11) is 0. The van der Waals surface area contributed by atoms with E-state index in [2.05, 4.69) is 202 Å². The first-order valence-corrected chi connectivity index (χ1v) is 52.1. The van der Waals surface area contributed by atoms with Crippen molar-refractivity contribution in [1.29, 1.82) is 0 Å². The number of hydrogen-bond donors (Lipinski definition) is 0. The second kappa shape index (κ2) is 144. The van der Waals surface area contributed by atoms with Crippen molar-refractivity contribution in [2.45, 2.75) is 234 Å². The summed E-state index contributed by atoms with van der Waals surface area (Å²) < 4.78 is 0. The molecule has 0 amide bonds. The van der Waals surface area contributed by atoms with Crippen LogP contribution < -0.4 is 0 Å². The van der Waals surface area contributed by atoms with E-state index in [-0.39, 0.29) is 0 Å². The van der Waals surface area contributed by atoms with Gasteiger partial charge in [-0.2, -0.15) is 35.7 Å². The van der Waals surface area contributed by atoms with Gasteiger partial charge in [0.2, 0.25) is 0 Å². The highest BCUT2D eigenvalue weighted by atomic mass is 15.3. The third kappa shape index (κ3) is 100.0. The van der Waals surface area contributed by atoms with Crippen LogP contribution in [0.25, 0.3) is 54.4 Å². The first-order chi connectivity index (χ1) is 74.3. The molecule has 0 saturated carbocycles. The van der Waals surface area contributed by atoms with Gasteiger partial charge in [0, 0.05) is 170 Å². The van der Waals surface area contributed by atoms with E-state index >= 15 is 0 Å². The molecule has 15 heterocycles. The molecule has 0 saturated heterocycles. The molecule has 2 unspecified atom stereocenters. The Balaban J connectivity index is -0.000000171. The molecule has 12 aromatic heterocycles. The topological polar surface area (TPSA) is 359 Å². The molecule has 28 heteroatoms. The van der Waals surface area contributed by atoms with Gasteiger partial charge in [0.1, 0.15) is 44.3 Å². The average molecular weight is 2020 g/mol. The fourth-order valence-electron chi connectivity index (χ4n) is 8.68. The van der Waals surface area contributed by atoms with E-state index in [1.165, 1.54) is 54.0 Å². The Hall–Kier alpha value is -16.5. The average Bonchev–Trinajstić information content (AvgIpc) is 0.923. The zero-order valence-corrected chi connectivity index (χ0v) is 95.5. The van der Waals surface area contributed by atoms with Crippen LogP contribution in [-0.4, -0.2) is 152 Å². The number of para-hydroxylation sites is 3. The summed E-state index contributed by atoms with van der Waals surface area (Å²) in [6.07, 6.45) is 78.2. The summed E-state index contributed by atoms with van der Waals surface area (Å²) in [6.45, 7) is 64.9. The van der Waals surface area contributed by atoms with Crippen LogP contribution in [0.1, 0.15) is 234 Å². The van der Waals surface area contributed by atoms with E-state index in [1.807, 2.05) is 453 Å². The third-order valence-corrected chi connectivity index (χ3v) is 14.0. The van der Waals surface area contributed by atoms with Crippen LogP contribution >= 0.6 is 0 Å². The van der Waals surface area contributed by atoms with Gasteiger partial charge in [-0.25, -0.2) is 49.8 Å². The maximum Gasteiger partial charge on any atom is 0.138 e. The molecule has 0 bridgehead atoms. The lowest BCUT2D eigenvalue weighted by Gasteiger charge is -2.17. The molecule has 5 aliphatic rings. The minimum Gasteiger partial charge on any atom is -0.289 e. The third-order valence-electron chi connectivity index (χ3n) is 14.0. The molecule has 0 fully saturated rings. The van der Waals surface area contributed by atoms with Crippen molar-refractivity contribution < 1.29 is 0 Å². The van der Waals surface area contributed by atoms with E-state index < -0.39 is 0 Å². The number of aliphatic imine (C=N–C) groups is 2. The van der Waals surface area contributed by atoms with E-state index in [9.17, 15) is 0 Å². The number of fused-ring (bicyclic) bond motifs is 6. The molecule has 5 aromatic carbocycles. The number of nitrogens with zero attached hydrogens (tertiary/aromatic N) is 28. The highest BCUT2D eigenvalue weighted by Crippen LogP contribution is 2.19. The lowest BCUT2D eigenvalue weighted by atomic mass is 9.90. The van der Waals surface area contributed by atoms with Crippen molar-refractivity contribution in [1.82, 2.24) is 121 Å². The van der Waals surface area contributed by atoms with Crippen LogP contribution in [0.2, 0.25) is 0 Å². The summed E-state index contributed by atoms with van der Waals surface area (Å²) in [6, 6.07) is 60.8. The Labute approximate surface area is 896 Å². The van der Waals surface area contributed by atoms with Crippen molar-refractivity contribution >= 4 is 79.2 Å². The summed E-state index contributed by atoms with van der Waals surface area (Å²) in [5.74, 6) is 0.894. The van der Waals surface area contributed by atoms with Crippen molar-refractivity contribution in [3.05, 3.63) is 429 Å². The predicted molar refractivity (Wildman–Crippen MR) is 643 cm³/mol. The Morgan fingerprint density at radius 2 is 0.591 bits per heavy atom. The van der Waals surface area contributed by atoms with Crippen LogP contribution in [0.5, 0.6) is 0 Å². The SMILES string of the molecule is C1=CC2C=NN=CC2C=C1.C1=CCC=C1.C1=CCN=C1.C1=CN=CC1.CC.CC.CC.CC.CC.CC.CC.CC.CC.CC.CC.CC.CC.CC.CC.CC.c1ccc2cnccc2c1.c1ccc2ncccc2c1.c1ccc2ncncc2c1.c1ccc2ncncc2c1.c1ccc2nnccc2c1.c1ccncc1.c1ccnnc1.c1cnccn1.c1cncnc1.c1cnncn1.c1cnnnc1.c1ncncn1. The molecular weight excluding hydrogens is 1850 g/mol. The number of benzene rings is 5. The first-order valence-electron chi connectivity index (χ1n) is 52.1. The van der Waals surface area contributed by atoms with Crippen molar-refractivity contribution in [3.8, 4) is 0 Å². The van der Waals surface area contributed by atoms with Gasteiger partial charge in [0.05, 0.1) is 53.4 Å². The van der Waals surface area contributed by atoms with Gasteiger partial charge in [-0.15, -0.1) is 15.3 Å². The quantitative estimate of drug-likeness (QED) is 0.136. The van der Waals surface area contributed by atoms with Crippen LogP contribution in [-0.2, 0) is 0 Å². The number of allylic oxidation sites excluding steroid dienone is 10. The molecule has 2 atom stereocenters. The highest BCUT2D eigenvalue weighted by Gasteiger charge is 2.16. The largest absolute Gasteiger partial charge is 0.289 e. The second-order valence-electron chi connectivity index (χ2n) is 22.2. The zero-order chi connectivity index (χ0) is 113. The molecule has 0 radical (unpaired) electrons. The van der Waals surface area contributed by atoms with Gasteiger partial charge in [0.15, 0.2) is 0 Å². The highest BCUT2D eigenvalue weighted by molar-refractivity contribution is 5.82. The van der Waals surface area contributed by atoms with Gasteiger partial charge in [-0.1, -0.05) is 392 Å². The van der Waals surface area contributed by atoms with Gasteiger partial charge < -0.3 is 0 Å². The van der Waals surface area contributed by atoms with E-state index in [0.29, 0.717) is 11.8 Å². The lowest BCUT2D eigenvalue weighted by Crippen LogP contribution is -2.17. The van der Waals surface area contributed by atoms with Gasteiger partial charge >= 0.3 is 0 Å². The maximum absolute atomic E-state index is 4.18. The molecule has 3 aliphatic heterocycles. The maximum atomic E-state index is 4.18. The summed E-state index contributed by atoms with van der Waals surface area (Å²) >= 11 is 0. The molecule has 28 nitrogen and oxygen atoms in total. The Morgan fingerprint density at radius 1 is 0.215 bits per heavy atom. The van der Waals surface area contributed by atoms with Crippen LogP contribution in [0.4, 0.5) is 0 Å². The summed E-state index contributed by atoms with van der Waals surface area (Å²) in [5, 5.41) is 46.4. The monoisotopic (exact) mass is 2020 g/mol. The molecule has 149 heavy (non-hydrogen) atoms. The number of pyridine rings is 3. The minimum absolute atomic E-state index is 0.447. The Kier molecular flexibility index (Phi) is 148. The fraction of sp³-hybridized carbons (Fsp3) is 0.306. The van der Waals surface area contributed by atoms with E-state index in [1.54, 1.807) is 124 Å². The normalized spacial score (nSPS) is 10.3. The van der Waals surface area contributed by atoms with Crippen LogP contribution in [0.3, 0.4) is 0 Å². The molecule has 0 spiro atoms. The zero-order valence-electron chi connectivity index (χ0n) is 95.5. The van der Waals surface area contributed by atoms with Crippen LogP contribution in [0, 0.1) is 11.8 Å². The minimum atomic E-state index is 0.447. The van der Waals surface area contributed by atoms with Crippen molar-refractivity contribution in [2.24, 2.45) is 32.0 Å². The van der Waals surface area contributed by atoms with E-state index in [4.69, 9.17) is 0 Å². The number of aromatic nitrogens is 24. The molecule has 22 rings (SSSR count). The van der Waals surface area contributed by atoms with Crippen molar-refractivity contribution in [3.63, 3.8) is 0 Å². The van der Waals surface area contributed by atoms with E-state index in [0.717, 1.165) is 57.6 Å². The fourth-order valence-corrected chi connectivity index (χ4v) is 8.68. The lowest BCUT2D eigenvalue weighted by molar-refractivity contribution is 0.748. The standard InChI is InChI=1S/2C9H7N.2C8H6N2.C8H8N2.C8H6N2.C5H5N.C5H6.3C4H4N2.2C4H5N.3C3H3N3.16C2H6/c1-2-6-9-8(4-1)5-3-7-10-9;1-2-4-9-7-10-6-5-8(9)3-1;2*1-2-4-8-7(3-1)5-9-6-10-8;1-2-4-8-6-10-9-5-7(8)3-1;1-2-4-8-7(3-1)5-6-9-10-8;1-2-4-6-5-3-1;1-2-4-5-3-1;1-2-6-4-3-5-1;1-2-5-4-6-3-1;1-2-4-6-5-3-1;2*1-2-4-5-3-1;1-4-2-6-3-5-1;1-2-5-6-3-4-1;1-2-4-6-5-3-1;16*1-2/h2*1-7H;2*1-6H;1-8H;1-6H;1-5H;1-4H,5H2;3*1-4H;1,3-4H,2H2;1-3H,4H2;3*1-3H;16*1-2H3. The number of rotatable bonds is 0.